The predicted octanol–water partition coefficient (Wildman–Crippen LogP) is 1.27. The molecule has 4 N–H and O–H groups in total. The summed E-state index contributed by atoms with van der Waals surface area (Å²) in [5.74, 6) is -2.28. The number of aliphatic hydroxyl groups excluding tert-OH is 1. The first kappa shape index (κ1) is 28.0. The fourth-order valence-corrected chi connectivity index (χ4v) is 9.72. The van der Waals surface area contributed by atoms with Crippen molar-refractivity contribution < 1.29 is 49.0 Å². The van der Waals surface area contributed by atoms with Gasteiger partial charge in [0.1, 0.15) is 35.6 Å². The summed E-state index contributed by atoms with van der Waals surface area (Å²) in [6, 6.07) is 0. The average Bonchev–Trinajstić information content (AvgIpc) is 3.58. The molecule has 220 valence electrons. The van der Waals surface area contributed by atoms with Crippen LogP contribution in [0.2, 0.25) is 0 Å². The Balaban J connectivity index is 1.45. The second kappa shape index (κ2) is 8.25. The number of cyclic esters (lactones) is 1. The van der Waals surface area contributed by atoms with E-state index in [1.165, 1.54) is 26.0 Å². The Morgan fingerprint density at radius 3 is 2.52 bits per heavy atom. The monoisotopic (exact) mass is 560 g/mol. The smallest absolute Gasteiger partial charge is 0.334 e. The van der Waals surface area contributed by atoms with Gasteiger partial charge < -0.3 is 34.6 Å². The van der Waals surface area contributed by atoms with Gasteiger partial charge in [0, 0.05) is 18.9 Å². The summed E-state index contributed by atoms with van der Waals surface area (Å²) < 4.78 is 17.3. The zero-order valence-electron chi connectivity index (χ0n) is 23.7. The number of carbonyl (C=O) groups is 3. The van der Waals surface area contributed by atoms with E-state index in [-0.39, 0.29) is 44.0 Å². The van der Waals surface area contributed by atoms with Crippen LogP contribution in [0.5, 0.6) is 0 Å². The number of ketones is 1. The minimum absolute atomic E-state index is 0.0410. The van der Waals surface area contributed by atoms with Crippen molar-refractivity contribution in [1.82, 2.24) is 0 Å². The number of rotatable bonds is 4. The average molecular weight is 561 g/mol. The van der Waals surface area contributed by atoms with E-state index in [0.29, 0.717) is 18.4 Å². The van der Waals surface area contributed by atoms with E-state index in [2.05, 4.69) is 0 Å². The summed E-state index contributed by atoms with van der Waals surface area (Å²) in [5, 5.41) is 48.5. The summed E-state index contributed by atoms with van der Waals surface area (Å²) in [5.41, 5.74) is -8.16. The molecular formula is C30H40O10. The van der Waals surface area contributed by atoms with Gasteiger partial charge in [-0.2, -0.15) is 0 Å². The molecular weight excluding hydrogens is 520 g/mol. The molecule has 40 heavy (non-hydrogen) atoms. The van der Waals surface area contributed by atoms with Crippen molar-refractivity contribution >= 4 is 17.7 Å². The van der Waals surface area contributed by atoms with Crippen molar-refractivity contribution in [3.05, 3.63) is 23.3 Å². The Bertz CT molecular complexity index is 1250. The fraction of sp³-hybridized carbons (Fsp3) is 0.767. The molecule has 4 aliphatic carbocycles. The van der Waals surface area contributed by atoms with Gasteiger partial charge in [-0.1, -0.05) is 5.57 Å². The van der Waals surface area contributed by atoms with E-state index in [9.17, 15) is 34.8 Å². The number of fused-ring (bicyclic) bond motifs is 4. The van der Waals surface area contributed by atoms with Gasteiger partial charge in [0.15, 0.2) is 5.78 Å². The Morgan fingerprint density at radius 1 is 1.18 bits per heavy atom. The van der Waals surface area contributed by atoms with Crippen LogP contribution in [0.25, 0.3) is 0 Å². The molecule has 0 aromatic carbocycles. The number of carbonyl (C=O) groups excluding carboxylic acids is 3. The zero-order valence-corrected chi connectivity index (χ0v) is 23.7. The first-order chi connectivity index (χ1) is 18.5. The molecule has 11 atom stereocenters. The lowest BCUT2D eigenvalue weighted by molar-refractivity contribution is -0.297. The number of ether oxygens (including phenoxy) is 3. The highest BCUT2D eigenvalue weighted by molar-refractivity contribution is 5.98. The Morgan fingerprint density at radius 2 is 1.88 bits per heavy atom. The minimum Gasteiger partial charge on any atom is -0.465 e. The summed E-state index contributed by atoms with van der Waals surface area (Å²) in [6.07, 6.45) is 1.41. The van der Waals surface area contributed by atoms with E-state index < -0.39 is 69.4 Å². The van der Waals surface area contributed by atoms with Crippen LogP contribution in [0.1, 0.15) is 73.1 Å². The lowest BCUT2D eigenvalue weighted by atomic mass is 9.42. The summed E-state index contributed by atoms with van der Waals surface area (Å²) in [6.45, 7) is 7.55. The fourth-order valence-electron chi connectivity index (χ4n) is 9.72. The number of aliphatic hydroxyl groups is 4. The van der Waals surface area contributed by atoms with Gasteiger partial charge in [0.25, 0.3) is 0 Å². The van der Waals surface area contributed by atoms with Gasteiger partial charge in [-0.25, -0.2) is 4.79 Å². The molecule has 0 amide bonds. The van der Waals surface area contributed by atoms with Crippen molar-refractivity contribution in [2.45, 2.75) is 114 Å². The maximum Gasteiger partial charge on any atom is 0.334 e. The van der Waals surface area contributed by atoms with Crippen molar-refractivity contribution in [2.24, 2.45) is 22.7 Å². The van der Waals surface area contributed by atoms with E-state index >= 15 is 0 Å². The van der Waals surface area contributed by atoms with Gasteiger partial charge in [-0.05, 0) is 83.8 Å². The lowest BCUT2D eigenvalue weighted by Gasteiger charge is -2.64. The molecule has 10 heteroatoms. The Kier molecular flexibility index (Phi) is 5.78. The van der Waals surface area contributed by atoms with Gasteiger partial charge >= 0.3 is 11.9 Å². The SMILES string of the molecule is CC(=O)OC[C@]12CC[C@H]3[C@@H](C[C@H]4O[C@]45[C@H](O)C=CC(=O)[C@]35C)[C@]1(O)CC[C@@]2(O)C(C)(O)[C@H]1CC(C)=C(C)C(=O)O1. The molecule has 2 aliphatic heterocycles. The van der Waals surface area contributed by atoms with Crippen LogP contribution in [0, 0.1) is 22.7 Å². The molecule has 10 nitrogen and oxygen atoms in total. The standard InChI is InChI=1S/C30H40O10/c1-15-12-22(39-24(34)16(15)2)26(5,35)29(37)11-10-28(36)19-13-23-30(40-23)21(33)7-6-20(32)25(30,4)18(19)8-9-27(28,29)14-38-17(3)31/h6-7,18-19,21-23,33,35-37H,8-14H2,1-5H3/t18-,19+,21+,22+,23+,25-,26?,27+,28+,29+,30+/m0/s1. The number of esters is 2. The normalized spacial score (nSPS) is 50.7. The minimum atomic E-state index is -2.01. The van der Waals surface area contributed by atoms with Crippen LogP contribution in [0.3, 0.4) is 0 Å². The Labute approximate surface area is 233 Å². The number of epoxide rings is 1. The summed E-state index contributed by atoms with van der Waals surface area (Å²) in [4.78, 5) is 38.2. The summed E-state index contributed by atoms with van der Waals surface area (Å²) in [7, 11) is 0. The van der Waals surface area contributed by atoms with Gasteiger partial charge in [-0.15, -0.1) is 0 Å². The molecule has 0 aromatic rings. The van der Waals surface area contributed by atoms with Crippen LogP contribution in [0.15, 0.2) is 23.3 Å². The van der Waals surface area contributed by atoms with E-state index in [1.54, 1.807) is 20.8 Å². The molecule has 0 aromatic heterocycles. The third kappa shape index (κ3) is 2.99. The largest absolute Gasteiger partial charge is 0.465 e. The number of hydrogen-bond donors (Lipinski definition) is 4. The molecule has 0 radical (unpaired) electrons. The molecule has 3 saturated carbocycles. The quantitative estimate of drug-likeness (QED) is 0.291. The van der Waals surface area contributed by atoms with Crippen LogP contribution >= 0.6 is 0 Å². The maximum atomic E-state index is 13.5. The highest BCUT2D eigenvalue weighted by Crippen LogP contribution is 2.75. The number of allylic oxidation sites excluding steroid dienone is 1. The molecule has 6 rings (SSSR count). The van der Waals surface area contributed by atoms with Crippen LogP contribution in [0.4, 0.5) is 0 Å². The second-order valence-electron chi connectivity index (χ2n) is 13.6. The molecule has 6 aliphatic rings. The number of hydrogen-bond acceptors (Lipinski definition) is 10. The third-order valence-electron chi connectivity index (χ3n) is 12.3. The topological polar surface area (TPSA) is 163 Å². The van der Waals surface area contributed by atoms with Gasteiger partial charge in [-0.3, -0.25) is 9.59 Å². The van der Waals surface area contributed by atoms with E-state index in [0.717, 1.165) is 5.57 Å². The van der Waals surface area contributed by atoms with Gasteiger partial charge in [0.2, 0.25) is 0 Å². The summed E-state index contributed by atoms with van der Waals surface area (Å²) >= 11 is 0. The van der Waals surface area contributed by atoms with Crippen molar-refractivity contribution in [3.8, 4) is 0 Å². The second-order valence-corrected chi connectivity index (χ2v) is 13.6. The molecule has 1 spiro atoms. The van der Waals surface area contributed by atoms with Crippen molar-refractivity contribution in [2.75, 3.05) is 6.61 Å². The molecule has 1 saturated heterocycles. The molecule has 0 bridgehead atoms. The maximum absolute atomic E-state index is 13.5. The molecule has 4 fully saturated rings. The van der Waals surface area contributed by atoms with E-state index in [1.807, 2.05) is 0 Å². The van der Waals surface area contributed by atoms with Gasteiger partial charge in [0.05, 0.1) is 22.5 Å². The third-order valence-corrected chi connectivity index (χ3v) is 12.3. The van der Waals surface area contributed by atoms with Crippen LogP contribution in [-0.2, 0) is 28.6 Å². The molecule has 1 unspecified atom stereocenters. The molecule has 2 heterocycles. The van der Waals surface area contributed by atoms with Crippen molar-refractivity contribution in [1.29, 1.82) is 0 Å². The zero-order chi connectivity index (χ0) is 29.3. The highest BCUT2D eigenvalue weighted by Gasteiger charge is 2.85. The lowest BCUT2D eigenvalue weighted by Crippen LogP contribution is -2.75. The first-order valence-electron chi connectivity index (χ1n) is 14.3. The highest BCUT2D eigenvalue weighted by atomic mass is 16.6. The van der Waals surface area contributed by atoms with Crippen molar-refractivity contribution in [3.63, 3.8) is 0 Å². The predicted molar refractivity (Wildman–Crippen MR) is 138 cm³/mol. The van der Waals surface area contributed by atoms with E-state index in [4.69, 9.17) is 14.2 Å². The Hall–Kier alpha value is -2.11. The first-order valence-corrected chi connectivity index (χ1v) is 14.3. The van der Waals surface area contributed by atoms with Crippen LogP contribution in [-0.4, -0.2) is 85.5 Å². The van der Waals surface area contributed by atoms with Crippen LogP contribution < -0.4 is 0 Å².